The van der Waals surface area contributed by atoms with Gasteiger partial charge in [-0.1, -0.05) is 11.6 Å². The molecule has 0 spiro atoms. The van der Waals surface area contributed by atoms with Crippen molar-refractivity contribution in [3.05, 3.63) is 17.0 Å². The number of hydrogen-bond donors (Lipinski definition) is 1. The standard InChI is InChI=1S/C11H14ClN5/c1-7-8(12)15-10-13-6-14-17(10)9(7)16-11(2)4-3-5-11/h6,16H,3-5H2,1-2H3. The number of anilines is 1. The molecular weight excluding hydrogens is 238 g/mol. The molecule has 3 rings (SSSR count). The summed E-state index contributed by atoms with van der Waals surface area (Å²) in [6.07, 6.45) is 5.10. The highest BCUT2D eigenvalue weighted by molar-refractivity contribution is 6.30. The summed E-state index contributed by atoms with van der Waals surface area (Å²) in [6.45, 7) is 4.16. The van der Waals surface area contributed by atoms with Gasteiger partial charge in [-0.15, -0.1) is 0 Å². The highest BCUT2D eigenvalue weighted by Gasteiger charge is 2.33. The maximum absolute atomic E-state index is 6.11. The van der Waals surface area contributed by atoms with Crippen LogP contribution in [0.2, 0.25) is 5.15 Å². The summed E-state index contributed by atoms with van der Waals surface area (Å²) in [5.74, 6) is 1.44. The van der Waals surface area contributed by atoms with Crippen LogP contribution in [0.1, 0.15) is 31.7 Å². The van der Waals surface area contributed by atoms with E-state index in [0.29, 0.717) is 10.9 Å². The second-order valence-electron chi connectivity index (χ2n) is 4.89. The van der Waals surface area contributed by atoms with Gasteiger partial charge in [-0.05, 0) is 33.1 Å². The third-order valence-electron chi connectivity index (χ3n) is 3.48. The molecule has 2 aromatic rings. The lowest BCUT2D eigenvalue weighted by Gasteiger charge is -2.40. The highest BCUT2D eigenvalue weighted by atomic mass is 35.5. The Kier molecular flexibility index (Phi) is 2.26. The summed E-state index contributed by atoms with van der Waals surface area (Å²) in [4.78, 5) is 8.26. The van der Waals surface area contributed by atoms with Gasteiger partial charge in [0.2, 0.25) is 0 Å². The van der Waals surface area contributed by atoms with E-state index in [1.54, 1.807) is 4.52 Å². The first-order chi connectivity index (χ1) is 8.09. The van der Waals surface area contributed by atoms with Gasteiger partial charge in [-0.3, -0.25) is 0 Å². The molecule has 5 nitrogen and oxygen atoms in total. The van der Waals surface area contributed by atoms with Gasteiger partial charge in [0.25, 0.3) is 5.78 Å². The van der Waals surface area contributed by atoms with Crippen LogP contribution in [0.25, 0.3) is 5.78 Å². The zero-order chi connectivity index (χ0) is 12.0. The van der Waals surface area contributed by atoms with Crippen molar-refractivity contribution in [1.29, 1.82) is 0 Å². The maximum atomic E-state index is 6.11. The van der Waals surface area contributed by atoms with Crippen LogP contribution >= 0.6 is 11.6 Å². The Hall–Kier alpha value is -1.36. The van der Waals surface area contributed by atoms with Crippen LogP contribution in [-0.4, -0.2) is 25.1 Å². The fourth-order valence-electron chi connectivity index (χ4n) is 2.16. The molecule has 2 heterocycles. The van der Waals surface area contributed by atoms with E-state index in [0.717, 1.165) is 11.4 Å². The van der Waals surface area contributed by atoms with Crippen molar-refractivity contribution >= 4 is 23.2 Å². The van der Waals surface area contributed by atoms with Crippen molar-refractivity contribution in [2.24, 2.45) is 0 Å². The lowest BCUT2D eigenvalue weighted by Crippen LogP contribution is -2.42. The van der Waals surface area contributed by atoms with Gasteiger partial charge in [0, 0.05) is 11.1 Å². The van der Waals surface area contributed by atoms with E-state index in [9.17, 15) is 0 Å². The molecule has 1 aliphatic carbocycles. The fourth-order valence-corrected chi connectivity index (χ4v) is 2.33. The molecule has 0 aliphatic heterocycles. The zero-order valence-electron chi connectivity index (χ0n) is 9.87. The van der Waals surface area contributed by atoms with Gasteiger partial charge < -0.3 is 5.32 Å². The molecule has 17 heavy (non-hydrogen) atoms. The number of fused-ring (bicyclic) bond motifs is 1. The first-order valence-electron chi connectivity index (χ1n) is 5.73. The van der Waals surface area contributed by atoms with Crippen molar-refractivity contribution < 1.29 is 0 Å². The Morgan fingerprint density at radius 2 is 2.24 bits per heavy atom. The second-order valence-corrected chi connectivity index (χ2v) is 5.25. The van der Waals surface area contributed by atoms with E-state index in [4.69, 9.17) is 11.6 Å². The molecule has 0 unspecified atom stereocenters. The number of hydrogen-bond acceptors (Lipinski definition) is 4. The number of aromatic nitrogens is 4. The summed E-state index contributed by atoms with van der Waals surface area (Å²) in [5.41, 5.74) is 1.06. The van der Waals surface area contributed by atoms with Gasteiger partial charge in [0.15, 0.2) is 0 Å². The van der Waals surface area contributed by atoms with E-state index in [-0.39, 0.29) is 5.54 Å². The molecule has 1 saturated carbocycles. The molecule has 6 heteroatoms. The predicted molar refractivity (Wildman–Crippen MR) is 66.4 cm³/mol. The lowest BCUT2D eigenvalue weighted by molar-refractivity contribution is 0.305. The number of nitrogens with zero attached hydrogens (tertiary/aromatic N) is 4. The van der Waals surface area contributed by atoms with Crippen LogP contribution in [0.4, 0.5) is 5.82 Å². The molecular formula is C11H14ClN5. The second kappa shape index (κ2) is 3.57. The minimum Gasteiger partial charge on any atom is -0.364 e. The third kappa shape index (κ3) is 1.65. The minimum atomic E-state index is 0.147. The summed E-state index contributed by atoms with van der Waals surface area (Å²) in [6, 6.07) is 0. The van der Waals surface area contributed by atoms with E-state index in [1.807, 2.05) is 6.92 Å². The summed E-state index contributed by atoms with van der Waals surface area (Å²) < 4.78 is 1.71. The van der Waals surface area contributed by atoms with Gasteiger partial charge >= 0.3 is 0 Å². The highest BCUT2D eigenvalue weighted by Crippen LogP contribution is 2.36. The van der Waals surface area contributed by atoms with E-state index in [2.05, 4.69) is 27.3 Å². The van der Waals surface area contributed by atoms with Gasteiger partial charge in [0.05, 0.1) is 0 Å². The predicted octanol–water partition coefficient (Wildman–Crippen LogP) is 2.44. The SMILES string of the molecule is Cc1c(Cl)nc2ncnn2c1NC1(C)CCC1. The van der Waals surface area contributed by atoms with Crippen LogP contribution < -0.4 is 5.32 Å². The quantitative estimate of drug-likeness (QED) is 0.833. The molecule has 1 aliphatic rings. The Balaban J connectivity index is 2.12. The van der Waals surface area contributed by atoms with Crippen molar-refractivity contribution in [3.8, 4) is 0 Å². The zero-order valence-corrected chi connectivity index (χ0v) is 10.6. The van der Waals surface area contributed by atoms with Crippen LogP contribution in [0.5, 0.6) is 0 Å². The fraction of sp³-hybridized carbons (Fsp3) is 0.545. The normalized spacial score (nSPS) is 18.1. The van der Waals surface area contributed by atoms with Crippen LogP contribution in [0, 0.1) is 6.92 Å². The molecule has 0 amide bonds. The van der Waals surface area contributed by atoms with Crippen molar-refractivity contribution in [1.82, 2.24) is 19.6 Å². The van der Waals surface area contributed by atoms with Crippen molar-refractivity contribution in [2.45, 2.75) is 38.6 Å². The molecule has 90 valence electrons. The van der Waals surface area contributed by atoms with Crippen molar-refractivity contribution in [3.63, 3.8) is 0 Å². The monoisotopic (exact) mass is 251 g/mol. The Labute approximate surface area is 104 Å². The number of rotatable bonds is 2. The molecule has 0 bridgehead atoms. The lowest BCUT2D eigenvalue weighted by atomic mass is 9.78. The van der Waals surface area contributed by atoms with Gasteiger partial charge in [0.1, 0.15) is 17.3 Å². The molecule has 1 fully saturated rings. The summed E-state index contributed by atoms with van der Waals surface area (Å²) in [7, 11) is 0. The Morgan fingerprint density at radius 1 is 1.47 bits per heavy atom. The maximum Gasteiger partial charge on any atom is 0.255 e. The molecule has 0 aromatic carbocycles. The Bertz CT molecular complexity index is 572. The average molecular weight is 252 g/mol. The minimum absolute atomic E-state index is 0.147. The largest absolute Gasteiger partial charge is 0.364 e. The average Bonchev–Trinajstić information content (AvgIpc) is 2.70. The molecule has 1 N–H and O–H groups in total. The van der Waals surface area contributed by atoms with Gasteiger partial charge in [-0.25, -0.2) is 0 Å². The third-order valence-corrected chi connectivity index (χ3v) is 3.85. The molecule has 0 saturated heterocycles. The van der Waals surface area contributed by atoms with E-state index in [1.165, 1.54) is 25.6 Å². The first-order valence-corrected chi connectivity index (χ1v) is 6.11. The van der Waals surface area contributed by atoms with Gasteiger partial charge in [-0.2, -0.15) is 19.6 Å². The summed E-state index contributed by atoms with van der Waals surface area (Å²) >= 11 is 6.11. The smallest absolute Gasteiger partial charge is 0.255 e. The topological polar surface area (TPSA) is 55.1 Å². The molecule has 2 aromatic heterocycles. The summed E-state index contributed by atoms with van der Waals surface area (Å²) in [5, 5.41) is 8.20. The number of halogens is 1. The first kappa shape index (κ1) is 10.8. The number of nitrogens with one attached hydrogen (secondary N) is 1. The van der Waals surface area contributed by atoms with Crippen LogP contribution in [0.3, 0.4) is 0 Å². The van der Waals surface area contributed by atoms with Crippen molar-refractivity contribution in [2.75, 3.05) is 5.32 Å². The molecule has 0 atom stereocenters. The Morgan fingerprint density at radius 3 is 2.88 bits per heavy atom. The van der Waals surface area contributed by atoms with Crippen LogP contribution in [0.15, 0.2) is 6.33 Å². The molecule has 0 radical (unpaired) electrons. The van der Waals surface area contributed by atoms with Crippen LogP contribution in [-0.2, 0) is 0 Å². The van der Waals surface area contributed by atoms with E-state index >= 15 is 0 Å². The van der Waals surface area contributed by atoms with E-state index < -0.39 is 0 Å².